The number of carbonyl (C=O) groups is 1. The summed E-state index contributed by atoms with van der Waals surface area (Å²) in [6.07, 6.45) is -0.476. The monoisotopic (exact) mass is 347 g/mol. The van der Waals surface area contributed by atoms with Gasteiger partial charge in [0.1, 0.15) is 22.5 Å². The molecule has 1 aromatic rings. The molecular weight excluding hydrogens is 329 g/mol. The van der Waals surface area contributed by atoms with Crippen LogP contribution in [0.25, 0.3) is 0 Å². The maximum Gasteiger partial charge on any atom is 0.322 e. The Hall–Kier alpha value is -1.71. The minimum Gasteiger partial charge on any atom is -0.495 e. The lowest BCUT2D eigenvalue weighted by Gasteiger charge is -2.22. The Morgan fingerprint density at radius 1 is 1.48 bits per heavy atom. The average Bonchev–Trinajstić information content (AvgIpc) is 2.92. The fourth-order valence-corrected chi connectivity index (χ4v) is 4.39. The Morgan fingerprint density at radius 3 is 2.74 bits per heavy atom. The Bertz CT molecular complexity index is 693. The quantitative estimate of drug-likeness (QED) is 0.828. The van der Waals surface area contributed by atoms with Gasteiger partial charge in [0.2, 0.25) is 10.0 Å². The van der Waals surface area contributed by atoms with E-state index in [1.807, 2.05) is 0 Å². The molecule has 0 bridgehead atoms. The molecule has 0 saturated carbocycles. The minimum absolute atomic E-state index is 0.0417. The molecule has 1 saturated heterocycles. The smallest absolute Gasteiger partial charge is 0.322 e. The van der Waals surface area contributed by atoms with Crippen molar-refractivity contribution in [1.82, 2.24) is 4.31 Å². The van der Waals surface area contributed by atoms with Gasteiger partial charge in [0.05, 0.1) is 13.2 Å². The van der Waals surface area contributed by atoms with Crippen LogP contribution in [-0.2, 0) is 19.6 Å². The number of nitrogens with zero attached hydrogens (tertiary/aromatic N) is 1. The van der Waals surface area contributed by atoms with Gasteiger partial charge >= 0.3 is 5.97 Å². The van der Waals surface area contributed by atoms with Crippen molar-refractivity contribution in [2.45, 2.75) is 30.4 Å². The molecule has 1 fully saturated rings. The van der Waals surface area contributed by atoms with E-state index in [0.29, 0.717) is 6.61 Å². The zero-order chi connectivity index (χ0) is 17.2. The topological polar surface area (TPSA) is 93.1 Å². The predicted octanol–water partition coefficient (Wildman–Crippen LogP) is 1.09. The first-order valence-corrected chi connectivity index (χ1v) is 8.45. The lowest BCUT2D eigenvalue weighted by atomic mass is 10.2. The maximum absolute atomic E-state index is 13.5. The summed E-state index contributed by atoms with van der Waals surface area (Å²) in [5.41, 5.74) is 0. The Labute approximate surface area is 133 Å². The molecule has 0 aromatic heterocycles. The van der Waals surface area contributed by atoms with E-state index in [1.54, 1.807) is 6.92 Å². The Morgan fingerprint density at radius 2 is 2.17 bits per heavy atom. The summed E-state index contributed by atoms with van der Waals surface area (Å²) in [5, 5.41) is 9.29. The van der Waals surface area contributed by atoms with Gasteiger partial charge in [-0.05, 0) is 25.1 Å². The van der Waals surface area contributed by atoms with Gasteiger partial charge < -0.3 is 14.6 Å². The number of hydrogen-bond donors (Lipinski definition) is 1. The third-order valence-electron chi connectivity index (χ3n) is 3.62. The molecule has 0 unspecified atom stereocenters. The van der Waals surface area contributed by atoms with E-state index >= 15 is 0 Å². The molecular formula is C14H18FNO6S. The first kappa shape index (κ1) is 17.6. The first-order chi connectivity index (χ1) is 10.8. The van der Waals surface area contributed by atoms with E-state index in [-0.39, 0.29) is 18.7 Å². The fraction of sp³-hybridized carbons (Fsp3) is 0.500. The second-order valence-electron chi connectivity index (χ2n) is 5.04. The van der Waals surface area contributed by atoms with Crippen LogP contribution in [0.5, 0.6) is 5.75 Å². The van der Waals surface area contributed by atoms with Gasteiger partial charge in [0, 0.05) is 19.6 Å². The molecule has 1 N–H and O–H groups in total. The summed E-state index contributed by atoms with van der Waals surface area (Å²) in [7, 11) is -2.98. The molecule has 0 amide bonds. The number of halogens is 1. The molecule has 2 rings (SSSR count). The summed E-state index contributed by atoms with van der Waals surface area (Å²) in [4.78, 5) is 11.0. The standard InChI is InChI=1S/C14H18FNO6S/c1-3-22-10-7-11(14(17)18)16(8-10)23(19,20)13-6-9(15)4-5-12(13)21-2/h4-6,10-11H,3,7-8H2,1-2H3,(H,17,18)/t10-,11+/m1/s1. The number of benzene rings is 1. The fourth-order valence-electron chi connectivity index (χ4n) is 2.59. The highest BCUT2D eigenvalue weighted by molar-refractivity contribution is 7.89. The number of rotatable bonds is 6. The van der Waals surface area contributed by atoms with Gasteiger partial charge in [-0.3, -0.25) is 4.79 Å². The lowest BCUT2D eigenvalue weighted by molar-refractivity contribution is -0.140. The number of methoxy groups -OCH3 is 1. The molecule has 1 aliphatic heterocycles. The van der Waals surface area contributed by atoms with Crippen molar-refractivity contribution in [1.29, 1.82) is 0 Å². The van der Waals surface area contributed by atoms with E-state index in [9.17, 15) is 22.7 Å². The minimum atomic E-state index is -4.24. The SMILES string of the molecule is CCO[C@@H]1C[C@@H](C(=O)O)N(S(=O)(=O)c2cc(F)ccc2OC)C1. The summed E-state index contributed by atoms with van der Waals surface area (Å²) < 4.78 is 50.2. The van der Waals surface area contributed by atoms with Crippen molar-refractivity contribution < 1.29 is 32.2 Å². The van der Waals surface area contributed by atoms with Crippen LogP contribution in [0.2, 0.25) is 0 Å². The van der Waals surface area contributed by atoms with E-state index in [1.165, 1.54) is 13.2 Å². The van der Waals surface area contributed by atoms with Crippen molar-refractivity contribution in [3.63, 3.8) is 0 Å². The first-order valence-electron chi connectivity index (χ1n) is 7.01. The number of carboxylic acid groups (broad SMARTS) is 1. The highest BCUT2D eigenvalue weighted by Gasteiger charge is 2.45. The van der Waals surface area contributed by atoms with Gasteiger partial charge in [-0.2, -0.15) is 4.31 Å². The third-order valence-corrected chi connectivity index (χ3v) is 5.51. The second kappa shape index (κ2) is 6.81. The van der Waals surface area contributed by atoms with Gasteiger partial charge in [-0.15, -0.1) is 0 Å². The normalized spacial score (nSPS) is 22.2. The number of aliphatic carboxylic acids is 1. The molecule has 0 aliphatic carbocycles. The van der Waals surface area contributed by atoms with Gasteiger partial charge in [-0.25, -0.2) is 12.8 Å². The molecule has 0 radical (unpaired) electrons. The second-order valence-corrected chi connectivity index (χ2v) is 6.90. The van der Waals surface area contributed by atoms with Crippen LogP contribution in [-0.4, -0.2) is 56.2 Å². The summed E-state index contributed by atoms with van der Waals surface area (Å²) in [5.74, 6) is -2.07. The van der Waals surface area contributed by atoms with Crippen molar-refractivity contribution in [3.8, 4) is 5.75 Å². The summed E-state index contributed by atoms with van der Waals surface area (Å²) in [6, 6.07) is 1.82. The zero-order valence-electron chi connectivity index (χ0n) is 12.7. The number of carboxylic acids is 1. The highest BCUT2D eigenvalue weighted by Crippen LogP contribution is 2.33. The van der Waals surface area contributed by atoms with E-state index in [4.69, 9.17) is 9.47 Å². The van der Waals surface area contributed by atoms with Crippen molar-refractivity contribution in [3.05, 3.63) is 24.0 Å². The number of hydrogen-bond acceptors (Lipinski definition) is 5. The lowest BCUT2D eigenvalue weighted by Crippen LogP contribution is -2.40. The van der Waals surface area contributed by atoms with Crippen LogP contribution in [0, 0.1) is 5.82 Å². The van der Waals surface area contributed by atoms with Crippen molar-refractivity contribution >= 4 is 16.0 Å². The summed E-state index contributed by atoms with van der Waals surface area (Å²) in [6.45, 7) is 1.98. The molecule has 23 heavy (non-hydrogen) atoms. The highest BCUT2D eigenvalue weighted by atomic mass is 32.2. The van der Waals surface area contributed by atoms with Crippen LogP contribution < -0.4 is 4.74 Å². The molecule has 2 atom stereocenters. The van der Waals surface area contributed by atoms with Gasteiger partial charge in [0.15, 0.2) is 0 Å². The molecule has 1 aromatic carbocycles. The van der Waals surface area contributed by atoms with Crippen molar-refractivity contribution in [2.24, 2.45) is 0 Å². The predicted molar refractivity (Wildman–Crippen MR) is 78.3 cm³/mol. The van der Waals surface area contributed by atoms with E-state index < -0.39 is 38.9 Å². The third kappa shape index (κ3) is 3.46. The van der Waals surface area contributed by atoms with Crippen LogP contribution in [0.15, 0.2) is 23.1 Å². The number of ether oxygens (including phenoxy) is 2. The molecule has 1 heterocycles. The summed E-state index contributed by atoms with van der Waals surface area (Å²) >= 11 is 0. The van der Waals surface area contributed by atoms with Gasteiger partial charge in [-0.1, -0.05) is 0 Å². The van der Waals surface area contributed by atoms with Crippen LogP contribution in [0.1, 0.15) is 13.3 Å². The molecule has 9 heteroatoms. The number of sulfonamides is 1. The van der Waals surface area contributed by atoms with Crippen LogP contribution in [0.3, 0.4) is 0 Å². The molecule has 7 nitrogen and oxygen atoms in total. The zero-order valence-corrected chi connectivity index (χ0v) is 13.5. The van der Waals surface area contributed by atoms with Crippen molar-refractivity contribution in [2.75, 3.05) is 20.3 Å². The Balaban J connectivity index is 2.45. The Kier molecular flexibility index (Phi) is 5.23. The maximum atomic E-state index is 13.5. The van der Waals surface area contributed by atoms with Crippen LogP contribution in [0.4, 0.5) is 4.39 Å². The largest absolute Gasteiger partial charge is 0.495 e. The average molecular weight is 347 g/mol. The van der Waals surface area contributed by atoms with Crippen LogP contribution >= 0.6 is 0 Å². The van der Waals surface area contributed by atoms with E-state index in [2.05, 4.69) is 0 Å². The van der Waals surface area contributed by atoms with E-state index in [0.717, 1.165) is 16.4 Å². The molecule has 0 spiro atoms. The van der Waals surface area contributed by atoms with Gasteiger partial charge in [0.25, 0.3) is 0 Å². The molecule has 128 valence electrons. The molecule has 1 aliphatic rings.